The van der Waals surface area contributed by atoms with Gasteiger partial charge in [-0.3, -0.25) is 0 Å². The quantitative estimate of drug-likeness (QED) is 0.851. The van der Waals surface area contributed by atoms with Gasteiger partial charge in [-0.1, -0.05) is 30.3 Å². The van der Waals surface area contributed by atoms with Crippen LogP contribution in [0.15, 0.2) is 41.8 Å². The zero-order chi connectivity index (χ0) is 11.4. The van der Waals surface area contributed by atoms with Crippen molar-refractivity contribution in [2.45, 2.75) is 25.9 Å². The molecule has 84 valence electrons. The molecule has 0 aliphatic rings. The van der Waals surface area contributed by atoms with Crippen molar-refractivity contribution >= 4 is 11.3 Å². The summed E-state index contributed by atoms with van der Waals surface area (Å²) in [6.07, 6.45) is 1.40. The first-order valence-corrected chi connectivity index (χ1v) is 6.41. The van der Waals surface area contributed by atoms with E-state index in [2.05, 4.69) is 18.4 Å². The summed E-state index contributed by atoms with van der Waals surface area (Å²) in [4.78, 5) is 1.36. The van der Waals surface area contributed by atoms with Gasteiger partial charge >= 0.3 is 0 Å². The molecule has 1 unspecified atom stereocenters. The lowest BCUT2D eigenvalue weighted by Gasteiger charge is -2.10. The third-order valence-electron chi connectivity index (χ3n) is 2.84. The van der Waals surface area contributed by atoms with E-state index in [9.17, 15) is 5.11 Å². The third kappa shape index (κ3) is 2.71. The van der Waals surface area contributed by atoms with Crippen LogP contribution in [0.4, 0.5) is 0 Å². The molecule has 0 radical (unpaired) electrons. The topological polar surface area (TPSA) is 20.2 Å². The number of benzene rings is 1. The van der Waals surface area contributed by atoms with E-state index in [1.807, 2.05) is 30.3 Å². The van der Waals surface area contributed by atoms with Crippen LogP contribution < -0.4 is 0 Å². The Morgan fingerprint density at radius 2 is 1.94 bits per heavy atom. The van der Waals surface area contributed by atoms with E-state index in [1.165, 1.54) is 10.4 Å². The molecule has 1 aromatic heterocycles. The summed E-state index contributed by atoms with van der Waals surface area (Å²) in [5, 5.41) is 12.1. The molecular weight excluding hydrogens is 216 g/mol. The molecule has 1 aromatic carbocycles. The van der Waals surface area contributed by atoms with Crippen LogP contribution in [-0.2, 0) is 6.42 Å². The van der Waals surface area contributed by atoms with Crippen LogP contribution in [-0.4, -0.2) is 5.11 Å². The molecule has 0 aliphatic heterocycles. The van der Waals surface area contributed by atoms with Crippen LogP contribution in [0.25, 0.3) is 0 Å². The summed E-state index contributed by atoms with van der Waals surface area (Å²) in [5.41, 5.74) is 2.37. The van der Waals surface area contributed by atoms with E-state index >= 15 is 0 Å². The van der Waals surface area contributed by atoms with Crippen LogP contribution in [0, 0.1) is 6.92 Å². The monoisotopic (exact) mass is 232 g/mol. The number of aliphatic hydroxyl groups is 1. The number of rotatable bonds is 4. The molecule has 0 saturated carbocycles. The van der Waals surface area contributed by atoms with Crippen molar-refractivity contribution in [3.63, 3.8) is 0 Å². The van der Waals surface area contributed by atoms with Gasteiger partial charge < -0.3 is 5.11 Å². The van der Waals surface area contributed by atoms with Crippen LogP contribution in [0.1, 0.15) is 28.5 Å². The predicted octanol–water partition coefficient (Wildman–Crippen LogP) is 3.72. The molecule has 16 heavy (non-hydrogen) atoms. The highest BCUT2D eigenvalue weighted by atomic mass is 32.1. The van der Waals surface area contributed by atoms with Gasteiger partial charge in [0.2, 0.25) is 0 Å². The largest absolute Gasteiger partial charge is 0.388 e. The summed E-state index contributed by atoms with van der Waals surface area (Å²) in [7, 11) is 0. The van der Waals surface area contributed by atoms with Crippen LogP contribution >= 0.6 is 11.3 Å². The Hall–Kier alpha value is -1.12. The van der Waals surface area contributed by atoms with E-state index in [0.717, 1.165) is 18.4 Å². The minimum absolute atomic E-state index is 0.347. The van der Waals surface area contributed by atoms with E-state index in [1.54, 1.807) is 11.3 Å². The van der Waals surface area contributed by atoms with Crippen molar-refractivity contribution in [1.29, 1.82) is 0 Å². The Kier molecular flexibility index (Phi) is 3.75. The number of aryl methyl sites for hydroxylation is 2. The molecule has 0 bridgehead atoms. The van der Waals surface area contributed by atoms with E-state index in [4.69, 9.17) is 0 Å². The minimum atomic E-state index is -0.347. The average Bonchev–Trinajstić information content (AvgIpc) is 2.73. The van der Waals surface area contributed by atoms with E-state index in [-0.39, 0.29) is 6.10 Å². The molecule has 0 saturated heterocycles. The number of aliphatic hydroxyl groups excluding tert-OH is 1. The molecule has 1 nitrogen and oxygen atoms in total. The van der Waals surface area contributed by atoms with Crippen LogP contribution in [0.5, 0.6) is 0 Å². The molecule has 2 aromatic rings. The molecular formula is C14H16OS. The molecule has 1 N–H and O–H groups in total. The highest BCUT2D eigenvalue weighted by molar-refractivity contribution is 7.10. The van der Waals surface area contributed by atoms with Crippen molar-refractivity contribution < 1.29 is 5.11 Å². The zero-order valence-electron chi connectivity index (χ0n) is 9.39. The molecule has 0 spiro atoms. The number of thiophene rings is 1. The van der Waals surface area contributed by atoms with Gasteiger partial charge in [-0.15, -0.1) is 11.3 Å². The first-order chi connectivity index (χ1) is 7.77. The van der Waals surface area contributed by atoms with Gasteiger partial charge in [0, 0.05) is 4.88 Å². The maximum atomic E-state index is 10.0. The summed E-state index contributed by atoms with van der Waals surface area (Å²) in [6, 6.07) is 12.0. The average molecular weight is 232 g/mol. The Balaban J connectivity index is 1.94. The second-order valence-electron chi connectivity index (χ2n) is 3.97. The van der Waals surface area contributed by atoms with Gasteiger partial charge in [0.15, 0.2) is 0 Å². The van der Waals surface area contributed by atoms with Gasteiger partial charge in [0.05, 0.1) is 6.10 Å². The Morgan fingerprint density at radius 3 is 2.56 bits per heavy atom. The fourth-order valence-electron chi connectivity index (χ4n) is 1.80. The lowest BCUT2D eigenvalue weighted by molar-refractivity contribution is 0.168. The molecule has 0 fully saturated rings. The van der Waals surface area contributed by atoms with Crippen molar-refractivity contribution in [3.8, 4) is 0 Å². The van der Waals surface area contributed by atoms with Crippen LogP contribution in [0.2, 0.25) is 0 Å². The van der Waals surface area contributed by atoms with Crippen molar-refractivity contribution in [3.05, 3.63) is 57.8 Å². The number of hydrogen-bond acceptors (Lipinski definition) is 2. The molecule has 1 heterocycles. The van der Waals surface area contributed by atoms with E-state index in [0.29, 0.717) is 0 Å². The molecule has 2 heteroatoms. The highest BCUT2D eigenvalue weighted by Crippen LogP contribution is 2.22. The molecule has 1 atom stereocenters. The Labute approximate surface area is 100 Å². The van der Waals surface area contributed by atoms with Crippen LogP contribution in [0.3, 0.4) is 0 Å². The first kappa shape index (κ1) is 11.4. The van der Waals surface area contributed by atoms with Crippen molar-refractivity contribution in [2.24, 2.45) is 0 Å². The van der Waals surface area contributed by atoms with Gasteiger partial charge in [-0.25, -0.2) is 0 Å². The predicted molar refractivity (Wildman–Crippen MR) is 68.8 cm³/mol. The second-order valence-corrected chi connectivity index (χ2v) is 5.09. The molecule has 0 aliphatic carbocycles. The number of hydrogen-bond donors (Lipinski definition) is 1. The van der Waals surface area contributed by atoms with Crippen molar-refractivity contribution in [1.82, 2.24) is 0 Å². The normalized spacial score (nSPS) is 12.6. The summed E-state index contributed by atoms with van der Waals surface area (Å²) in [6.45, 7) is 2.13. The Morgan fingerprint density at radius 1 is 1.19 bits per heavy atom. The smallest absolute Gasteiger partial charge is 0.0793 e. The second kappa shape index (κ2) is 5.28. The van der Waals surface area contributed by atoms with Crippen molar-refractivity contribution in [2.75, 3.05) is 0 Å². The highest BCUT2D eigenvalue weighted by Gasteiger charge is 2.08. The van der Waals surface area contributed by atoms with Gasteiger partial charge in [-0.05, 0) is 42.3 Å². The third-order valence-corrected chi connectivity index (χ3v) is 3.73. The SMILES string of the molecule is Cc1sccc1CCC(O)c1ccccc1. The zero-order valence-corrected chi connectivity index (χ0v) is 10.2. The van der Waals surface area contributed by atoms with Gasteiger partial charge in [0.25, 0.3) is 0 Å². The maximum absolute atomic E-state index is 10.0. The lowest BCUT2D eigenvalue weighted by atomic mass is 10.0. The first-order valence-electron chi connectivity index (χ1n) is 5.53. The summed E-state index contributed by atoms with van der Waals surface area (Å²) >= 11 is 1.77. The lowest BCUT2D eigenvalue weighted by Crippen LogP contribution is -1.99. The maximum Gasteiger partial charge on any atom is 0.0793 e. The van der Waals surface area contributed by atoms with Gasteiger partial charge in [0.1, 0.15) is 0 Å². The fraction of sp³-hybridized carbons (Fsp3) is 0.286. The van der Waals surface area contributed by atoms with Gasteiger partial charge in [-0.2, -0.15) is 0 Å². The summed E-state index contributed by atoms with van der Waals surface area (Å²) < 4.78 is 0. The van der Waals surface area contributed by atoms with E-state index < -0.39 is 0 Å². The Bertz CT molecular complexity index is 433. The molecule has 2 rings (SSSR count). The summed E-state index contributed by atoms with van der Waals surface area (Å²) in [5.74, 6) is 0. The molecule has 0 amide bonds. The standard InChI is InChI=1S/C14H16OS/c1-11-12(9-10-16-11)7-8-14(15)13-5-3-2-4-6-13/h2-6,9-10,14-15H,7-8H2,1H3. The minimum Gasteiger partial charge on any atom is -0.388 e. The fourth-order valence-corrected chi connectivity index (χ4v) is 2.56.